The molecule has 1 heterocycles. The number of carbonyl (C=O) groups excluding carboxylic acids is 1. The predicted octanol–water partition coefficient (Wildman–Crippen LogP) is 4.50. The number of halogens is 1. The molecule has 29 heavy (non-hydrogen) atoms. The zero-order chi connectivity index (χ0) is 21.2. The number of nitrogens with zero attached hydrogens (tertiary/aromatic N) is 2. The smallest absolute Gasteiger partial charge is 0.408 e. The molecule has 0 saturated carbocycles. The third kappa shape index (κ3) is 4.45. The average molecular weight is 397 g/mol. The molecule has 152 valence electrons. The summed E-state index contributed by atoms with van der Waals surface area (Å²) in [6, 6.07) is 12.6. The van der Waals surface area contributed by atoms with Gasteiger partial charge in [0.25, 0.3) is 5.56 Å². The molecule has 1 atom stereocenters. The molecule has 3 rings (SSSR count). The molecule has 2 aromatic carbocycles. The van der Waals surface area contributed by atoms with Crippen LogP contribution in [0.1, 0.15) is 46.0 Å². The number of amides is 1. The van der Waals surface area contributed by atoms with Crippen LogP contribution in [0.4, 0.5) is 9.18 Å². The average Bonchev–Trinajstić information content (AvgIpc) is 2.65. The normalized spacial score (nSPS) is 12.6. The molecule has 0 unspecified atom stereocenters. The Balaban J connectivity index is 2.19. The second-order valence-corrected chi connectivity index (χ2v) is 7.69. The van der Waals surface area contributed by atoms with Crippen LogP contribution in [-0.4, -0.2) is 21.2 Å². The predicted molar refractivity (Wildman–Crippen MR) is 110 cm³/mol. The van der Waals surface area contributed by atoms with Crippen LogP contribution in [0, 0.1) is 5.82 Å². The Morgan fingerprint density at radius 1 is 1.17 bits per heavy atom. The van der Waals surface area contributed by atoms with Gasteiger partial charge in [0.15, 0.2) is 0 Å². The van der Waals surface area contributed by atoms with E-state index in [-0.39, 0.29) is 10.9 Å². The minimum atomic E-state index is -0.665. The highest BCUT2D eigenvalue weighted by Gasteiger charge is 2.25. The van der Waals surface area contributed by atoms with E-state index in [9.17, 15) is 14.0 Å². The molecule has 0 aliphatic rings. The number of nitrogens with one attached hydrogen (secondary N) is 1. The summed E-state index contributed by atoms with van der Waals surface area (Å²) in [4.78, 5) is 30.1. The topological polar surface area (TPSA) is 73.2 Å². The largest absolute Gasteiger partial charge is 0.444 e. The summed E-state index contributed by atoms with van der Waals surface area (Å²) in [5.41, 5.74) is -0.420. The highest BCUT2D eigenvalue weighted by Crippen LogP contribution is 2.22. The van der Waals surface area contributed by atoms with Crippen LogP contribution in [0.25, 0.3) is 16.6 Å². The van der Waals surface area contributed by atoms with Crippen molar-refractivity contribution in [1.29, 1.82) is 0 Å². The number of fused-ring (bicyclic) bond motifs is 1. The van der Waals surface area contributed by atoms with Gasteiger partial charge in [0.2, 0.25) is 0 Å². The summed E-state index contributed by atoms with van der Waals surface area (Å²) in [5, 5.41) is 2.69. The van der Waals surface area contributed by atoms with Gasteiger partial charge in [-0.05, 0) is 51.5 Å². The van der Waals surface area contributed by atoms with Gasteiger partial charge in [-0.3, -0.25) is 9.36 Å². The van der Waals surface area contributed by atoms with Crippen LogP contribution in [-0.2, 0) is 4.74 Å². The molecule has 0 bridgehead atoms. The first-order chi connectivity index (χ1) is 13.7. The molecule has 6 nitrogen and oxygen atoms in total. The maximum absolute atomic E-state index is 14.4. The van der Waals surface area contributed by atoms with E-state index in [1.54, 1.807) is 51.1 Å². The standard InChI is InChI=1S/C22H24FN3O3/c1-5-16(25-21(28)29-22(2,3)4)19-24-17-13-9-12-15(23)18(17)20(27)26(19)14-10-7-6-8-11-14/h6-13,16H,5H2,1-4H3,(H,25,28)/t16-/m1/s1. The fraction of sp³-hybridized carbons (Fsp3) is 0.318. The molecule has 1 N–H and O–H groups in total. The maximum atomic E-state index is 14.4. The summed E-state index contributed by atoms with van der Waals surface area (Å²) >= 11 is 0. The van der Waals surface area contributed by atoms with Crippen LogP contribution in [0.2, 0.25) is 0 Å². The number of hydrogen-bond acceptors (Lipinski definition) is 4. The Labute approximate surface area is 168 Å². The summed E-state index contributed by atoms with van der Waals surface area (Å²) in [7, 11) is 0. The van der Waals surface area contributed by atoms with E-state index in [1.165, 1.54) is 16.7 Å². The van der Waals surface area contributed by atoms with E-state index in [0.29, 0.717) is 17.9 Å². The van der Waals surface area contributed by atoms with Gasteiger partial charge >= 0.3 is 6.09 Å². The first-order valence-corrected chi connectivity index (χ1v) is 9.47. The van der Waals surface area contributed by atoms with Crippen molar-refractivity contribution in [3.63, 3.8) is 0 Å². The van der Waals surface area contributed by atoms with Gasteiger partial charge in [-0.1, -0.05) is 31.2 Å². The first-order valence-electron chi connectivity index (χ1n) is 9.47. The lowest BCUT2D eigenvalue weighted by Crippen LogP contribution is -2.37. The van der Waals surface area contributed by atoms with Crippen LogP contribution >= 0.6 is 0 Å². The highest BCUT2D eigenvalue weighted by atomic mass is 19.1. The molecular formula is C22H24FN3O3. The molecule has 7 heteroatoms. The minimum absolute atomic E-state index is 0.0905. The molecule has 3 aromatic rings. The molecule has 0 radical (unpaired) electrons. The van der Waals surface area contributed by atoms with Gasteiger partial charge in [-0.25, -0.2) is 14.2 Å². The fourth-order valence-electron chi connectivity index (χ4n) is 3.07. The van der Waals surface area contributed by atoms with Crippen LogP contribution in [0.5, 0.6) is 0 Å². The van der Waals surface area contributed by atoms with Crippen molar-refractivity contribution < 1.29 is 13.9 Å². The molecule has 0 aliphatic heterocycles. The van der Waals surface area contributed by atoms with Crippen molar-refractivity contribution in [2.45, 2.75) is 45.8 Å². The number of ether oxygens (including phenoxy) is 1. The lowest BCUT2D eigenvalue weighted by Gasteiger charge is -2.24. The molecule has 0 saturated heterocycles. The Morgan fingerprint density at radius 2 is 1.86 bits per heavy atom. The maximum Gasteiger partial charge on any atom is 0.408 e. The van der Waals surface area contributed by atoms with Gasteiger partial charge in [-0.15, -0.1) is 0 Å². The Kier molecular flexibility index (Phi) is 5.68. The molecule has 0 spiro atoms. The fourth-order valence-corrected chi connectivity index (χ4v) is 3.07. The Hall–Kier alpha value is -3.22. The molecule has 1 aromatic heterocycles. The highest BCUT2D eigenvalue weighted by molar-refractivity contribution is 5.79. The minimum Gasteiger partial charge on any atom is -0.444 e. The monoisotopic (exact) mass is 397 g/mol. The molecule has 0 fully saturated rings. The lowest BCUT2D eigenvalue weighted by molar-refractivity contribution is 0.0499. The number of benzene rings is 2. The van der Waals surface area contributed by atoms with Gasteiger partial charge in [0.1, 0.15) is 22.6 Å². The lowest BCUT2D eigenvalue weighted by atomic mass is 10.1. The summed E-state index contributed by atoms with van der Waals surface area (Å²) in [6.45, 7) is 7.17. The van der Waals surface area contributed by atoms with E-state index >= 15 is 0 Å². The quantitative estimate of drug-likeness (QED) is 0.703. The molecule has 1 amide bonds. The van der Waals surface area contributed by atoms with E-state index in [1.807, 2.05) is 13.0 Å². The zero-order valence-electron chi connectivity index (χ0n) is 16.9. The number of hydrogen-bond donors (Lipinski definition) is 1. The third-order valence-corrected chi connectivity index (χ3v) is 4.30. The molecular weight excluding hydrogens is 373 g/mol. The van der Waals surface area contributed by atoms with Crippen LogP contribution in [0.15, 0.2) is 53.3 Å². The number of aromatic nitrogens is 2. The van der Waals surface area contributed by atoms with Gasteiger partial charge < -0.3 is 10.1 Å². The van der Waals surface area contributed by atoms with Crippen LogP contribution in [0.3, 0.4) is 0 Å². The summed E-state index contributed by atoms with van der Waals surface area (Å²) < 4.78 is 21.1. The van der Waals surface area contributed by atoms with E-state index in [4.69, 9.17) is 4.74 Å². The van der Waals surface area contributed by atoms with Gasteiger partial charge in [-0.2, -0.15) is 0 Å². The number of para-hydroxylation sites is 1. The van der Waals surface area contributed by atoms with Crippen molar-refractivity contribution in [2.24, 2.45) is 0 Å². The van der Waals surface area contributed by atoms with Crippen molar-refractivity contribution >= 4 is 17.0 Å². The van der Waals surface area contributed by atoms with Crippen molar-refractivity contribution in [3.05, 3.63) is 70.5 Å². The van der Waals surface area contributed by atoms with Gasteiger partial charge in [0, 0.05) is 0 Å². The van der Waals surface area contributed by atoms with E-state index in [2.05, 4.69) is 10.3 Å². The van der Waals surface area contributed by atoms with Crippen molar-refractivity contribution in [1.82, 2.24) is 14.9 Å². The zero-order valence-corrected chi connectivity index (χ0v) is 16.9. The van der Waals surface area contributed by atoms with E-state index < -0.39 is 29.1 Å². The SMILES string of the molecule is CC[C@@H](NC(=O)OC(C)(C)C)c1nc2cccc(F)c2c(=O)n1-c1ccccc1. The second-order valence-electron chi connectivity index (χ2n) is 7.69. The third-order valence-electron chi connectivity index (χ3n) is 4.30. The number of alkyl carbamates (subject to hydrolysis) is 1. The Morgan fingerprint density at radius 3 is 2.48 bits per heavy atom. The van der Waals surface area contributed by atoms with Crippen molar-refractivity contribution in [2.75, 3.05) is 0 Å². The number of rotatable bonds is 4. The number of carbonyl (C=O) groups is 1. The summed E-state index contributed by atoms with van der Waals surface area (Å²) in [6.07, 6.45) is -0.156. The van der Waals surface area contributed by atoms with Crippen molar-refractivity contribution in [3.8, 4) is 5.69 Å². The second kappa shape index (κ2) is 8.03. The van der Waals surface area contributed by atoms with E-state index in [0.717, 1.165) is 0 Å². The Bertz CT molecular complexity index is 1090. The van der Waals surface area contributed by atoms with Crippen LogP contribution < -0.4 is 10.9 Å². The first kappa shape index (κ1) is 20.5. The summed E-state index contributed by atoms with van der Waals surface area (Å²) in [5.74, 6) is -0.322. The molecule has 0 aliphatic carbocycles. The van der Waals surface area contributed by atoms with Gasteiger partial charge in [0.05, 0.1) is 17.2 Å².